The van der Waals surface area contributed by atoms with Crippen molar-refractivity contribution in [1.82, 2.24) is 5.32 Å². The van der Waals surface area contributed by atoms with Crippen LogP contribution < -0.4 is 14.9 Å². The molecule has 1 heterocycles. The Labute approximate surface area is 194 Å². The molecular weight excluding hydrogens is 446 g/mol. The van der Waals surface area contributed by atoms with Gasteiger partial charge in [-0.3, -0.25) is 9.62 Å². The van der Waals surface area contributed by atoms with Crippen molar-refractivity contribution in [2.24, 2.45) is 0 Å². The number of phenols is 1. The van der Waals surface area contributed by atoms with Gasteiger partial charge in [0.15, 0.2) is 0 Å². The number of carbonyl (C=O) groups excluding carboxylic acids is 1. The van der Waals surface area contributed by atoms with E-state index < -0.39 is 21.7 Å². The molecule has 2 unspecified atom stereocenters. The van der Waals surface area contributed by atoms with Crippen molar-refractivity contribution in [2.45, 2.75) is 44.9 Å². The number of nitrogens with one attached hydrogen (secondary N) is 2. The van der Waals surface area contributed by atoms with Crippen molar-refractivity contribution >= 4 is 27.5 Å². The fourth-order valence-corrected chi connectivity index (χ4v) is 4.24. The minimum absolute atomic E-state index is 0.00446. The van der Waals surface area contributed by atoms with Gasteiger partial charge in [-0.25, -0.2) is 13.2 Å². The summed E-state index contributed by atoms with van der Waals surface area (Å²) in [6.45, 7) is 6.41. The minimum atomic E-state index is -3.57. The van der Waals surface area contributed by atoms with Gasteiger partial charge in [0, 0.05) is 24.2 Å². The molecule has 3 rings (SSSR count). The van der Waals surface area contributed by atoms with Crippen molar-refractivity contribution in [3.05, 3.63) is 53.6 Å². The quantitative estimate of drug-likeness (QED) is 0.408. The average molecular weight is 478 g/mol. The van der Waals surface area contributed by atoms with Crippen LogP contribution in [0.3, 0.4) is 0 Å². The van der Waals surface area contributed by atoms with E-state index in [0.29, 0.717) is 18.5 Å². The van der Waals surface area contributed by atoms with Gasteiger partial charge in [-0.05, 0) is 51.0 Å². The van der Waals surface area contributed by atoms with E-state index in [0.717, 1.165) is 17.5 Å². The molecule has 0 aromatic heterocycles. The molecule has 2 atom stereocenters. The van der Waals surface area contributed by atoms with Gasteiger partial charge in [0.05, 0.1) is 23.7 Å². The number of sulfonamides is 1. The number of hydrogen-bond acceptors (Lipinski definition) is 7. The molecule has 0 saturated heterocycles. The second-order valence-electron chi connectivity index (χ2n) is 8.92. The summed E-state index contributed by atoms with van der Waals surface area (Å²) in [4.78, 5) is 14.1. The Balaban J connectivity index is 1.62. The highest BCUT2D eigenvalue weighted by atomic mass is 32.2. The Morgan fingerprint density at radius 2 is 1.91 bits per heavy atom. The maximum Gasteiger partial charge on any atom is 0.414 e. The van der Waals surface area contributed by atoms with Gasteiger partial charge in [-0.15, -0.1) is 0 Å². The first-order valence-corrected chi connectivity index (χ1v) is 12.6. The van der Waals surface area contributed by atoms with E-state index in [1.165, 1.54) is 18.2 Å². The highest BCUT2D eigenvalue weighted by Crippen LogP contribution is 2.34. The van der Waals surface area contributed by atoms with Crippen LogP contribution in [0.4, 0.5) is 16.2 Å². The molecule has 0 radical (unpaired) electrons. The Hall–Kier alpha value is -2.82. The molecular formula is C23H31N3O6S. The van der Waals surface area contributed by atoms with Gasteiger partial charge < -0.3 is 20.3 Å². The second kappa shape index (κ2) is 9.58. The molecule has 2 aromatic rings. The molecule has 33 heavy (non-hydrogen) atoms. The number of fused-ring (bicyclic) bond motifs is 1. The highest BCUT2D eigenvalue weighted by Gasteiger charge is 2.31. The molecule has 1 aliphatic rings. The standard InChI is InChI=1S/C23H31N3O6S/c1-15-17-7-5-6-8-19(17)26(22(29)32-15)12-11-23(2,3)24-14-21(28)16-9-10-20(27)18(13-16)25-33(4,30)31/h5-10,13,15,21,24-25,27-28H,11-12,14H2,1-4H3. The maximum absolute atomic E-state index is 12.5. The number of carbonyl (C=O) groups is 1. The van der Waals surface area contributed by atoms with Crippen LogP contribution in [0.25, 0.3) is 0 Å². The Bertz CT molecular complexity index is 1120. The SMILES string of the molecule is CC1OC(=O)N(CCC(C)(C)NCC(O)c2ccc(O)c(NS(C)(=O)=O)c2)c2ccccc21. The third-order valence-corrected chi connectivity index (χ3v) is 6.19. The van der Waals surface area contributed by atoms with Crippen LogP contribution in [0.5, 0.6) is 5.75 Å². The number of aromatic hydroxyl groups is 1. The first kappa shape index (κ1) is 24.8. The molecule has 0 bridgehead atoms. The lowest BCUT2D eigenvalue weighted by Crippen LogP contribution is -2.46. The fraction of sp³-hybridized carbons (Fsp3) is 0.435. The number of rotatable bonds is 9. The topological polar surface area (TPSA) is 128 Å². The molecule has 180 valence electrons. The summed E-state index contributed by atoms with van der Waals surface area (Å²) in [6.07, 6.45) is -0.0395. The first-order valence-electron chi connectivity index (χ1n) is 10.7. The summed E-state index contributed by atoms with van der Waals surface area (Å²) < 4.78 is 30.6. The van der Waals surface area contributed by atoms with Crippen LogP contribution in [0.15, 0.2) is 42.5 Å². The van der Waals surface area contributed by atoms with Crippen LogP contribution in [-0.2, 0) is 14.8 Å². The number of nitrogens with zero attached hydrogens (tertiary/aromatic N) is 1. The summed E-state index contributed by atoms with van der Waals surface area (Å²) in [5.41, 5.74) is 1.83. The average Bonchev–Trinajstić information content (AvgIpc) is 2.72. The van der Waals surface area contributed by atoms with Crippen LogP contribution in [0, 0.1) is 0 Å². The molecule has 0 aliphatic carbocycles. The zero-order valence-corrected chi connectivity index (χ0v) is 20.0. The van der Waals surface area contributed by atoms with Gasteiger partial charge in [0.1, 0.15) is 11.9 Å². The zero-order chi connectivity index (χ0) is 24.4. The third kappa shape index (κ3) is 6.37. The van der Waals surface area contributed by atoms with Gasteiger partial charge in [-0.1, -0.05) is 24.3 Å². The van der Waals surface area contributed by atoms with Gasteiger partial charge in [0.25, 0.3) is 0 Å². The number of β-amino-alcohol motifs (C(OH)–C–C–N with tert-alkyl or cyclic N) is 1. The summed E-state index contributed by atoms with van der Waals surface area (Å²) in [6, 6.07) is 11.9. The van der Waals surface area contributed by atoms with Gasteiger partial charge in [-0.2, -0.15) is 0 Å². The second-order valence-corrected chi connectivity index (χ2v) is 10.7. The smallest absolute Gasteiger partial charge is 0.414 e. The normalized spacial score (nSPS) is 17.3. The molecule has 2 aromatic carbocycles. The molecule has 0 saturated carbocycles. The van der Waals surface area contributed by atoms with Crippen LogP contribution in [0.1, 0.15) is 50.5 Å². The molecule has 0 spiro atoms. The molecule has 9 nitrogen and oxygen atoms in total. The van der Waals surface area contributed by atoms with E-state index in [4.69, 9.17) is 4.74 Å². The number of phenolic OH excluding ortho intramolecular Hbond substituents is 1. The van der Waals surface area contributed by atoms with Crippen molar-refractivity contribution in [2.75, 3.05) is 29.0 Å². The number of benzene rings is 2. The number of aliphatic hydroxyl groups excluding tert-OH is 1. The maximum atomic E-state index is 12.5. The van der Waals surface area contributed by atoms with E-state index in [-0.39, 0.29) is 30.2 Å². The number of para-hydroxylation sites is 1. The fourth-order valence-electron chi connectivity index (χ4n) is 3.68. The molecule has 4 N–H and O–H groups in total. The van der Waals surface area contributed by atoms with Crippen LogP contribution >= 0.6 is 0 Å². The predicted molar refractivity (Wildman–Crippen MR) is 127 cm³/mol. The number of amides is 1. The van der Waals surface area contributed by atoms with E-state index in [1.54, 1.807) is 4.90 Å². The molecule has 1 amide bonds. The largest absolute Gasteiger partial charge is 0.506 e. The van der Waals surface area contributed by atoms with Gasteiger partial charge in [0.2, 0.25) is 10.0 Å². The zero-order valence-electron chi connectivity index (χ0n) is 19.2. The highest BCUT2D eigenvalue weighted by molar-refractivity contribution is 7.92. The lowest BCUT2D eigenvalue weighted by atomic mass is 9.98. The van der Waals surface area contributed by atoms with Gasteiger partial charge >= 0.3 is 6.09 Å². The van der Waals surface area contributed by atoms with Crippen molar-refractivity contribution < 1.29 is 28.2 Å². The van der Waals surface area contributed by atoms with E-state index in [9.17, 15) is 23.4 Å². The number of ether oxygens (including phenoxy) is 1. The Morgan fingerprint density at radius 3 is 2.61 bits per heavy atom. The number of aliphatic hydroxyl groups is 1. The summed E-state index contributed by atoms with van der Waals surface area (Å²) in [7, 11) is -3.57. The minimum Gasteiger partial charge on any atom is -0.506 e. The van der Waals surface area contributed by atoms with E-state index in [2.05, 4.69) is 10.0 Å². The van der Waals surface area contributed by atoms with Crippen LogP contribution in [0.2, 0.25) is 0 Å². The molecule has 10 heteroatoms. The number of hydrogen-bond donors (Lipinski definition) is 4. The van der Waals surface area contributed by atoms with Crippen molar-refractivity contribution in [3.63, 3.8) is 0 Å². The molecule has 0 fully saturated rings. The Morgan fingerprint density at radius 1 is 1.21 bits per heavy atom. The number of anilines is 2. The predicted octanol–water partition coefficient (Wildman–Crippen LogP) is 3.27. The lowest BCUT2D eigenvalue weighted by molar-refractivity contribution is 0.107. The third-order valence-electron chi connectivity index (χ3n) is 5.60. The molecule has 1 aliphatic heterocycles. The van der Waals surface area contributed by atoms with E-state index >= 15 is 0 Å². The van der Waals surface area contributed by atoms with E-state index in [1.807, 2.05) is 45.0 Å². The first-order chi connectivity index (χ1) is 15.4. The monoisotopic (exact) mass is 477 g/mol. The summed E-state index contributed by atoms with van der Waals surface area (Å²) >= 11 is 0. The van der Waals surface area contributed by atoms with Crippen LogP contribution in [-0.4, -0.2) is 49.6 Å². The summed E-state index contributed by atoms with van der Waals surface area (Å²) in [5, 5.41) is 23.8. The Kier molecular flexibility index (Phi) is 7.20. The van der Waals surface area contributed by atoms with Crippen molar-refractivity contribution in [3.8, 4) is 5.75 Å². The van der Waals surface area contributed by atoms with Crippen molar-refractivity contribution in [1.29, 1.82) is 0 Å². The summed E-state index contributed by atoms with van der Waals surface area (Å²) in [5.74, 6) is -0.229. The number of cyclic esters (lactones) is 1. The lowest BCUT2D eigenvalue weighted by Gasteiger charge is -2.35.